The molecule has 0 bridgehead atoms. The van der Waals surface area contributed by atoms with Crippen molar-refractivity contribution in [1.82, 2.24) is 4.90 Å². The number of alkyl halides is 1. The van der Waals surface area contributed by atoms with Crippen LogP contribution < -0.4 is 0 Å². The Labute approximate surface area is 151 Å². The second-order valence-electron chi connectivity index (χ2n) is 5.97. The normalized spacial score (nSPS) is 32.4. The van der Waals surface area contributed by atoms with E-state index in [2.05, 4.69) is 20.9 Å². The number of carbonyl (C=O) groups is 2. The molecule has 8 heteroatoms. The molecule has 0 aliphatic carbocycles. The number of halogens is 2. The number of amides is 1. The maximum Gasteiger partial charge on any atom is 0.327 e. The van der Waals surface area contributed by atoms with Crippen LogP contribution in [0.25, 0.3) is 0 Å². The van der Waals surface area contributed by atoms with Crippen molar-refractivity contribution in [2.24, 2.45) is 4.99 Å². The van der Waals surface area contributed by atoms with Gasteiger partial charge in [0.2, 0.25) is 4.45 Å². The smallest absolute Gasteiger partial charge is 0.327 e. The molecule has 3 atom stereocenters. The molecule has 23 heavy (non-hydrogen) atoms. The number of hydrogen-bond donors (Lipinski definition) is 1. The summed E-state index contributed by atoms with van der Waals surface area (Å²) in [6, 6.07) is 8.25. The van der Waals surface area contributed by atoms with Gasteiger partial charge in [-0.2, -0.15) is 0 Å². The van der Waals surface area contributed by atoms with Gasteiger partial charge in [0, 0.05) is 10.3 Å². The first-order valence-corrected chi connectivity index (χ1v) is 8.96. The number of rotatable bonds is 3. The van der Waals surface area contributed by atoms with E-state index in [-0.39, 0.29) is 11.1 Å². The third-order valence-corrected chi connectivity index (χ3v) is 7.15. The Hall–Kier alpha value is -1.05. The van der Waals surface area contributed by atoms with Gasteiger partial charge in [-0.05, 0) is 29.8 Å². The number of fused-ring (bicyclic) bond motifs is 1. The van der Waals surface area contributed by atoms with Crippen LogP contribution in [0.4, 0.5) is 0 Å². The summed E-state index contributed by atoms with van der Waals surface area (Å²) >= 11 is 11.1. The molecule has 1 aromatic carbocycles. The van der Waals surface area contributed by atoms with E-state index < -0.39 is 26.6 Å². The maximum absolute atomic E-state index is 12.6. The first-order chi connectivity index (χ1) is 10.7. The quantitative estimate of drug-likeness (QED) is 0.355. The molecule has 5 nitrogen and oxygen atoms in total. The van der Waals surface area contributed by atoms with E-state index in [1.165, 1.54) is 16.7 Å². The highest BCUT2D eigenvalue weighted by Crippen LogP contribution is 2.58. The number of hydrogen-bond acceptors (Lipinski definition) is 4. The standard InChI is InChI=1S/C15H14BrClN2O3S/c1-14(2)9(11(20)21)19-12(22)15(16,13(19)23-14)18-10(17)8-6-4-3-5-7-8/h3-7,9,13H,1-2H3,(H,20,21)/t9-,13+,15?/m0/s1. The molecule has 1 aromatic rings. The molecular formula is C15H14BrClN2O3S. The van der Waals surface area contributed by atoms with Crippen LogP contribution in [-0.2, 0) is 9.59 Å². The lowest BCUT2D eigenvalue weighted by molar-refractivity contribution is -0.160. The Morgan fingerprint density at radius 3 is 2.57 bits per heavy atom. The van der Waals surface area contributed by atoms with Gasteiger partial charge in [0.05, 0.1) is 0 Å². The van der Waals surface area contributed by atoms with Gasteiger partial charge in [-0.25, -0.2) is 9.79 Å². The number of aliphatic imine (C=N–C) groups is 1. The Morgan fingerprint density at radius 2 is 2.00 bits per heavy atom. The van der Waals surface area contributed by atoms with Gasteiger partial charge >= 0.3 is 5.97 Å². The molecule has 1 N–H and O–H groups in total. The highest BCUT2D eigenvalue weighted by atomic mass is 79.9. The van der Waals surface area contributed by atoms with Crippen molar-refractivity contribution >= 4 is 56.3 Å². The fourth-order valence-corrected chi connectivity index (χ4v) is 5.69. The molecule has 2 fully saturated rings. The minimum atomic E-state index is -1.22. The maximum atomic E-state index is 12.6. The Bertz CT molecular complexity index is 712. The predicted molar refractivity (Wildman–Crippen MR) is 94.2 cm³/mol. The van der Waals surface area contributed by atoms with Gasteiger partial charge in [-0.1, -0.05) is 41.9 Å². The number of carbonyl (C=O) groups excluding carboxylic acids is 1. The molecular weight excluding hydrogens is 404 g/mol. The molecule has 2 saturated heterocycles. The second kappa shape index (κ2) is 5.50. The van der Waals surface area contributed by atoms with Gasteiger partial charge in [-0.3, -0.25) is 4.79 Å². The van der Waals surface area contributed by atoms with E-state index in [1.807, 2.05) is 32.0 Å². The van der Waals surface area contributed by atoms with Gasteiger partial charge in [0.15, 0.2) is 0 Å². The van der Waals surface area contributed by atoms with Gasteiger partial charge in [-0.15, -0.1) is 11.8 Å². The van der Waals surface area contributed by atoms with E-state index in [1.54, 1.807) is 12.1 Å². The molecule has 2 heterocycles. The molecule has 0 aromatic heterocycles. The average molecular weight is 418 g/mol. The largest absolute Gasteiger partial charge is 0.480 e. The van der Waals surface area contributed by atoms with Gasteiger partial charge < -0.3 is 10.0 Å². The van der Waals surface area contributed by atoms with Crippen LogP contribution in [-0.4, -0.2) is 47.7 Å². The summed E-state index contributed by atoms with van der Waals surface area (Å²) in [5.74, 6) is -1.38. The lowest BCUT2D eigenvalue weighted by atomic mass is 9.96. The number of nitrogens with zero attached hydrogens (tertiary/aromatic N) is 2. The lowest BCUT2D eigenvalue weighted by Crippen LogP contribution is -2.70. The van der Waals surface area contributed by atoms with Crippen LogP contribution in [0, 0.1) is 0 Å². The monoisotopic (exact) mass is 416 g/mol. The Kier molecular flexibility index (Phi) is 4.01. The van der Waals surface area contributed by atoms with E-state index in [0.29, 0.717) is 5.56 Å². The van der Waals surface area contributed by atoms with Gasteiger partial charge in [0.1, 0.15) is 16.6 Å². The first kappa shape index (κ1) is 16.8. The molecule has 1 unspecified atom stereocenters. The number of thioether (sulfide) groups is 1. The van der Waals surface area contributed by atoms with Crippen LogP contribution in [0.15, 0.2) is 35.3 Å². The van der Waals surface area contributed by atoms with Crippen LogP contribution in [0.3, 0.4) is 0 Å². The molecule has 2 aliphatic rings. The summed E-state index contributed by atoms with van der Waals surface area (Å²) in [6.07, 6.45) is 0. The van der Waals surface area contributed by atoms with E-state index in [4.69, 9.17) is 11.6 Å². The van der Waals surface area contributed by atoms with Crippen LogP contribution in [0.2, 0.25) is 0 Å². The van der Waals surface area contributed by atoms with Crippen molar-refractivity contribution in [2.45, 2.75) is 34.5 Å². The molecule has 1 amide bonds. The highest BCUT2D eigenvalue weighted by Gasteiger charge is 2.71. The molecule has 2 aliphatic heterocycles. The fourth-order valence-electron chi connectivity index (χ4n) is 2.89. The highest BCUT2D eigenvalue weighted by molar-refractivity contribution is 9.10. The summed E-state index contributed by atoms with van der Waals surface area (Å²) in [6.45, 7) is 3.63. The number of benzene rings is 1. The zero-order chi connectivity index (χ0) is 17.0. The molecule has 0 saturated carbocycles. The average Bonchev–Trinajstić information content (AvgIpc) is 2.77. The van der Waals surface area contributed by atoms with Crippen molar-refractivity contribution in [1.29, 1.82) is 0 Å². The Morgan fingerprint density at radius 1 is 1.39 bits per heavy atom. The van der Waals surface area contributed by atoms with Crippen LogP contribution in [0.5, 0.6) is 0 Å². The van der Waals surface area contributed by atoms with E-state index in [0.717, 1.165) is 0 Å². The van der Waals surface area contributed by atoms with Crippen molar-refractivity contribution in [3.63, 3.8) is 0 Å². The minimum Gasteiger partial charge on any atom is -0.480 e. The number of β-lactam (4-membered cyclic amide) rings is 1. The summed E-state index contributed by atoms with van der Waals surface area (Å²) in [5.41, 5.74) is 0.705. The predicted octanol–water partition coefficient (Wildman–Crippen LogP) is 2.91. The third-order valence-electron chi connectivity index (χ3n) is 3.97. The van der Waals surface area contributed by atoms with Crippen molar-refractivity contribution in [2.75, 3.05) is 0 Å². The van der Waals surface area contributed by atoms with E-state index >= 15 is 0 Å². The van der Waals surface area contributed by atoms with Crippen LogP contribution >= 0.6 is 39.3 Å². The SMILES string of the molecule is CC1(C)S[C@H]2N(C(=O)C2(Br)N=C(Cl)c2ccccc2)[C@H]1C(=O)O. The number of aliphatic carboxylic acids is 1. The van der Waals surface area contributed by atoms with Crippen LogP contribution in [0.1, 0.15) is 19.4 Å². The first-order valence-electron chi connectivity index (χ1n) is 6.91. The topological polar surface area (TPSA) is 70.0 Å². The second-order valence-corrected chi connectivity index (χ2v) is 9.27. The third kappa shape index (κ3) is 2.49. The zero-order valence-corrected chi connectivity index (χ0v) is 15.5. The lowest BCUT2D eigenvalue weighted by Gasteiger charge is -2.47. The summed E-state index contributed by atoms with van der Waals surface area (Å²) < 4.78 is -1.82. The minimum absolute atomic E-state index is 0.215. The van der Waals surface area contributed by atoms with Crippen molar-refractivity contribution in [3.05, 3.63) is 35.9 Å². The van der Waals surface area contributed by atoms with Crippen molar-refractivity contribution < 1.29 is 14.7 Å². The number of carboxylic acids is 1. The van der Waals surface area contributed by atoms with E-state index in [9.17, 15) is 14.7 Å². The molecule has 0 radical (unpaired) electrons. The molecule has 3 rings (SSSR count). The summed E-state index contributed by atoms with van der Waals surface area (Å²) in [5, 5.41) is 9.25. The Balaban J connectivity index is 1.94. The molecule has 122 valence electrons. The van der Waals surface area contributed by atoms with Crippen molar-refractivity contribution in [3.8, 4) is 0 Å². The van der Waals surface area contributed by atoms with Gasteiger partial charge in [0.25, 0.3) is 5.91 Å². The number of carboxylic acid groups (broad SMARTS) is 1. The zero-order valence-electron chi connectivity index (χ0n) is 12.4. The molecule has 0 spiro atoms. The summed E-state index contributed by atoms with van der Waals surface area (Å²) in [7, 11) is 0. The summed E-state index contributed by atoms with van der Waals surface area (Å²) in [4.78, 5) is 29.8. The fraction of sp³-hybridized carbons (Fsp3) is 0.400.